The topological polar surface area (TPSA) is 84.3 Å². The van der Waals surface area contributed by atoms with Crippen molar-refractivity contribution in [3.63, 3.8) is 0 Å². The summed E-state index contributed by atoms with van der Waals surface area (Å²) in [6.07, 6.45) is 1.96. The summed E-state index contributed by atoms with van der Waals surface area (Å²) in [5.41, 5.74) is 1.83. The van der Waals surface area contributed by atoms with Crippen LogP contribution >= 0.6 is 22.9 Å². The average molecular weight is 352 g/mol. The second-order valence-electron chi connectivity index (χ2n) is 5.79. The third kappa shape index (κ3) is 2.93. The molecule has 2 aliphatic heterocycles. The van der Waals surface area contributed by atoms with Crippen LogP contribution in [0.3, 0.4) is 0 Å². The molecule has 0 bridgehead atoms. The first-order chi connectivity index (χ1) is 11.3. The van der Waals surface area contributed by atoms with E-state index in [0.29, 0.717) is 25.4 Å². The number of piperidine rings is 1. The number of aromatic nitrogens is 4. The Morgan fingerprint density at radius 3 is 3.04 bits per heavy atom. The van der Waals surface area contributed by atoms with Gasteiger partial charge in [0.25, 0.3) is 5.91 Å². The van der Waals surface area contributed by atoms with Crippen LogP contribution in [0.5, 0.6) is 0 Å². The molecule has 1 unspecified atom stereocenters. The fourth-order valence-corrected chi connectivity index (χ4v) is 4.27. The Hall–Kier alpha value is -1.65. The molecule has 0 radical (unpaired) electrons. The molecular formula is C13H16N6O2S2. The van der Waals surface area contributed by atoms with E-state index in [1.54, 1.807) is 10.9 Å². The maximum absolute atomic E-state index is 12.5. The van der Waals surface area contributed by atoms with Crippen LogP contribution in [0.2, 0.25) is 0 Å². The Balaban J connectivity index is 1.50. The molecule has 122 valence electrons. The highest BCUT2D eigenvalue weighted by atomic mass is 32.1. The zero-order valence-electron chi connectivity index (χ0n) is 12.4. The van der Waals surface area contributed by atoms with Gasteiger partial charge in [-0.2, -0.15) is 0 Å². The lowest BCUT2D eigenvalue weighted by Gasteiger charge is -2.47. The van der Waals surface area contributed by atoms with Gasteiger partial charge in [-0.25, -0.2) is 0 Å². The summed E-state index contributed by atoms with van der Waals surface area (Å²) in [4.78, 5) is 16.6. The van der Waals surface area contributed by atoms with Gasteiger partial charge in [-0.15, -0.1) is 15.3 Å². The second-order valence-corrected chi connectivity index (χ2v) is 7.22. The molecule has 0 aromatic carbocycles. The summed E-state index contributed by atoms with van der Waals surface area (Å²) in [5.74, 6) is -0.0607. The molecule has 4 rings (SSSR count). The minimum atomic E-state index is -0.332. The monoisotopic (exact) mass is 352 g/mol. The van der Waals surface area contributed by atoms with E-state index in [9.17, 15) is 4.79 Å². The van der Waals surface area contributed by atoms with E-state index in [2.05, 4.69) is 24.7 Å². The van der Waals surface area contributed by atoms with E-state index in [4.69, 9.17) is 4.74 Å². The summed E-state index contributed by atoms with van der Waals surface area (Å²) in [6, 6.07) is 0. The first-order valence-electron chi connectivity index (χ1n) is 7.47. The standard InChI is InChI=1S/C13H16N6O2S2/c20-11(10-6-23-17-15-10)18-4-5-21-13(7-18)2-1-3-19(8-13)12-16-14-9-22-12/h6,9H,1-5,7-8H2. The molecule has 0 aliphatic carbocycles. The van der Waals surface area contributed by atoms with Gasteiger partial charge in [-0.05, 0) is 24.4 Å². The van der Waals surface area contributed by atoms with Crippen LogP contribution in [0.15, 0.2) is 10.9 Å². The zero-order valence-corrected chi connectivity index (χ0v) is 14.1. The van der Waals surface area contributed by atoms with Gasteiger partial charge < -0.3 is 14.5 Å². The van der Waals surface area contributed by atoms with Gasteiger partial charge in [0.1, 0.15) is 11.1 Å². The number of nitrogens with zero attached hydrogens (tertiary/aromatic N) is 6. The first-order valence-corrected chi connectivity index (χ1v) is 9.19. The highest BCUT2D eigenvalue weighted by Gasteiger charge is 2.42. The van der Waals surface area contributed by atoms with Crippen LogP contribution in [0.25, 0.3) is 0 Å². The molecule has 2 aromatic heterocycles. The molecule has 1 spiro atoms. The number of rotatable bonds is 2. The van der Waals surface area contributed by atoms with Crippen molar-refractivity contribution in [3.8, 4) is 0 Å². The molecule has 0 saturated carbocycles. The SMILES string of the molecule is O=C(c1csnn1)N1CCOC2(CCCN(c3nncs3)C2)C1. The van der Waals surface area contributed by atoms with Gasteiger partial charge >= 0.3 is 0 Å². The van der Waals surface area contributed by atoms with Crippen molar-refractivity contribution < 1.29 is 9.53 Å². The molecule has 2 fully saturated rings. The predicted molar refractivity (Wildman–Crippen MR) is 85.9 cm³/mol. The van der Waals surface area contributed by atoms with Crippen molar-refractivity contribution in [1.29, 1.82) is 0 Å². The molecule has 2 aromatic rings. The van der Waals surface area contributed by atoms with Crippen LogP contribution in [-0.2, 0) is 4.74 Å². The zero-order chi connectivity index (χ0) is 15.7. The summed E-state index contributed by atoms with van der Waals surface area (Å²) in [6.45, 7) is 3.41. The van der Waals surface area contributed by atoms with E-state index in [0.717, 1.165) is 31.1 Å². The number of ether oxygens (including phenoxy) is 1. The van der Waals surface area contributed by atoms with Crippen LogP contribution < -0.4 is 4.90 Å². The molecular weight excluding hydrogens is 336 g/mol. The fraction of sp³-hybridized carbons (Fsp3) is 0.615. The van der Waals surface area contributed by atoms with Crippen LogP contribution in [0.4, 0.5) is 5.13 Å². The van der Waals surface area contributed by atoms with E-state index in [-0.39, 0.29) is 11.5 Å². The number of amides is 1. The van der Waals surface area contributed by atoms with Crippen LogP contribution in [0, 0.1) is 0 Å². The molecule has 10 heteroatoms. The van der Waals surface area contributed by atoms with Crippen molar-refractivity contribution in [2.24, 2.45) is 0 Å². The third-order valence-electron chi connectivity index (χ3n) is 4.27. The Bertz CT molecular complexity index is 660. The van der Waals surface area contributed by atoms with Crippen LogP contribution in [0.1, 0.15) is 23.3 Å². The predicted octanol–water partition coefficient (Wildman–Crippen LogP) is 0.901. The summed E-state index contributed by atoms with van der Waals surface area (Å²) < 4.78 is 9.90. The minimum absolute atomic E-state index is 0.0607. The molecule has 2 aliphatic rings. The normalized spacial score (nSPS) is 25.0. The maximum atomic E-state index is 12.5. The minimum Gasteiger partial charge on any atom is -0.369 e. The van der Waals surface area contributed by atoms with E-state index >= 15 is 0 Å². The summed E-state index contributed by atoms with van der Waals surface area (Å²) >= 11 is 2.73. The second kappa shape index (κ2) is 6.10. The maximum Gasteiger partial charge on any atom is 0.275 e. The number of hydrogen-bond donors (Lipinski definition) is 0. The van der Waals surface area contributed by atoms with Gasteiger partial charge in [-0.1, -0.05) is 15.8 Å². The largest absolute Gasteiger partial charge is 0.369 e. The number of morpholine rings is 1. The van der Waals surface area contributed by atoms with Crippen molar-refractivity contribution in [3.05, 3.63) is 16.6 Å². The molecule has 2 saturated heterocycles. The van der Waals surface area contributed by atoms with Gasteiger partial charge in [0.15, 0.2) is 5.69 Å². The third-order valence-corrected chi connectivity index (χ3v) is 5.53. The molecule has 8 nitrogen and oxygen atoms in total. The molecule has 4 heterocycles. The van der Waals surface area contributed by atoms with Gasteiger partial charge in [-0.3, -0.25) is 4.79 Å². The molecule has 23 heavy (non-hydrogen) atoms. The number of carbonyl (C=O) groups excluding carboxylic acids is 1. The average Bonchev–Trinajstić information content (AvgIpc) is 3.28. The van der Waals surface area contributed by atoms with Crippen molar-refractivity contribution in [2.45, 2.75) is 18.4 Å². The molecule has 0 N–H and O–H groups in total. The number of anilines is 1. The van der Waals surface area contributed by atoms with E-state index in [1.165, 1.54) is 22.9 Å². The van der Waals surface area contributed by atoms with E-state index in [1.807, 2.05) is 4.90 Å². The Morgan fingerprint density at radius 1 is 1.30 bits per heavy atom. The van der Waals surface area contributed by atoms with Gasteiger partial charge in [0, 0.05) is 18.5 Å². The first kappa shape index (κ1) is 14.9. The highest BCUT2D eigenvalue weighted by Crippen LogP contribution is 2.32. The summed E-state index contributed by atoms with van der Waals surface area (Å²) in [5, 5.41) is 14.6. The smallest absolute Gasteiger partial charge is 0.275 e. The Kier molecular flexibility index (Phi) is 3.95. The number of hydrogen-bond acceptors (Lipinski definition) is 9. The van der Waals surface area contributed by atoms with Gasteiger partial charge in [0.2, 0.25) is 5.13 Å². The lowest BCUT2D eigenvalue weighted by Crippen LogP contribution is -2.60. The summed E-state index contributed by atoms with van der Waals surface area (Å²) in [7, 11) is 0. The van der Waals surface area contributed by atoms with Gasteiger partial charge in [0.05, 0.1) is 19.7 Å². The quantitative estimate of drug-likeness (QED) is 0.794. The Morgan fingerprint density at radius 2 is 2.26 bits per heavy atom. The van der Waals surface area contributed by atoms with Crippen molar-refractivity contribution in [1.82, 2.24) is 24.7 Å². The number of carbonyl (C=O) groups is 1. The fourth-order valence-electron chi connectivity index (χ4n) is 3.25. The highest BCUT2D eigenvalue weighted by molar-refractivity contribution is 7.13. The van der Waals surface area contributed by atoms with Crippen LogP contribution in [-0.4, -0.2) is 69.0 Å². The molecule has 1 atom stereocenters. The lowest BCUT2D eigenvalue weighted by molar-refractivity contribution is -0.105. The lowest BCUT2D eigenvalue weighted by atomic mass is 9.91. The van der Waals surface area contributed by atoms with Crippen molar-refractivity contribution in [2.75, 3.05) is 37.7 Å². The Labute approximate surface area is 141 Å². The van der Waals surface area contributed by atoms with Crippen molar-refractivity contribution >= 4 is 33.9 Å². The molecule has 1 amide bonds. The van der Waals surface area contributed by atoms with E-state index < -0.39 is 0 Å².